The first-order chi connectivity index (χ1) is 21.7. The minimum Gasteiger partial charge on any atom is -0.495 e. The molecule has 2 unspecified atom stereocenters. The van der Waals surface area contributed by atoms with Crippen LogP contribution in [0.25, 0.3) is 0 Å². The number of ether oxygens (including phenoxy) is 2. The zero-order chi connectivity index (χ0) is 31.8. The zero-order valence-electron chi connectivity index (χ0n) is 28.0. The average Bonchev–Trinajstić information content (AvgIpc) is 3.60. The molecule has 7 heteroatoms. The molecule has 0 radical (unpaired) electrons. The maximum Gasteiger partial charge on any atom is 0.161 e. The molecule has 0 bridgehead atoms. The van der Waals surface area contributed by atoms with Crippen LogP contribution in [-0.4, -0.2) is 53.0 Å². The number of para-hydroxylation sites is 4. The number of anilines is 4. The molecule has 7 nitrogen and oxygen atoms in total. The Labute approximate surface area is 269 Å². The second-order valence-corrected chi connectivity index (χ2v) is 12.5. The van der Waals surface area contributed by atoms with Gasteiger partial charge in [0.15, 0.2) is 12.6 Å². The van der Waals surface area contributed by atoms with Crippen molar-refractivity contribution in [3.05, 3.63) is 106 Å². The van der Waals surface area contributed by atoms with Crippen molar-refractivity contribution in [1.29, 1.82) is 0 Å². The highest BCUT2D eigenvalue weighted by Gasteiger charge is 2.42. The van der Waals surface area contributed by atoms with E-state index < -0.39 is 0 Å². The molecule has 0 saturated carbocycles. The highest BCUT2D eigenvalue weighted by Crippen LogP contribution is 2.40. The molecule has 0 amide bonds. The molecular weight excluding hydrogens is 558 g/mol. The number of nitrogens with zero attached hydrogens (tertiary/aromatic N) is 4. The van der Waals surface area contributed by atoms with Crippen molar-refractivity contribution in [2.75, 3.05) is 60.0 Å². The first kappa shape index (κ1) is 30.7. The monoisotopic (exact) mass is 605 g/mol. The Morgan fingerprint density at radius 1 is 0.511 bits per heavy atom. The molecule has 4 aromatic rings. The lowest BCUT2D eigenvalue weighted by molar-refractivity contribution is 0.401. The molecule has 0 aliphatic carbocycles. The fraction of sp³-hybridized carbons (Fsp3) is 0.368. The lowest BCUT2D eigenvalue weighted by Gasteiger charge is -2.42. The van der Waals surface area contributed by atoms with Gasteiger partial charge in [0.25, 0.3) is 0 Å². The van der Waals surface area contributed by atoms with Crippen molar-refractivity contribution in [2.24, 2.45) is 0 Å². The minimum absolute atomic E-state index is 0.143. The van der Waals surface area contributed by atoms with Gasteiger partial charge in [-0.25, -0.2) is 5.32 Å². The van der Waals surface area contributed by atoms with E-state index in [1.54, 1.807) is 14.2 Å². The summed E-state index contributed by atoms with van der Waals surface area (Å²) in [5, 5.41) is 4.21. The summed E-state index contributed by atoms with van der Waals surface area (Å²) in [5.74, 6) is 1.75. The van der Waals surface area contributed by atoms with Gasteiger partial charge in [0.05, 0.1) is 25.6 Å². The van der Waals surface area contributed by atoms with Crippen molar-refractivity contribution >= 4 is 22.7 Å². The van der Waals surface area contributed by atoms with Gasteiger partial charge in [-0.2, -0.15) is 0 Å². The van der Waals surface area contributed by atoms with Gasteiger partial charge in [0, 0.05) is 37.6 Å². The smallest absolute Gasteiger partial charge is 0.161 e. The van der Waals surface area contributed by atoms with Crippen LogP contribution < -0.4 is 34.4 Å². The normalized spacial score (nSPS) is 18.2. The second kappa shape index (κ2) is 12.6. The number of benzene rings is 4. The van der Waals surface area contributed by atoms with Gasteiger partial charge < -0.3 is 29.1 Å². The fourth-order valence-corrected chi connectivity index (χ4v) is 7.71. The molecule has 0 spiro atoms. The van der Waals surface area contributed by atoms with Gasteiger partial charge in [0.2, 0.25) is 0 Å². The van der Waals surface area contributed by atoms with Crippen LogP contribution in [0.1, 0.15) is 33.4 Å². The SMILES string of the molecule is COc1ccccc1N1CCN(c2c(C)cc(C)cc2C)C1NC1N(c2ccccc2OC)CCN1c1c(C)cc(C)cc1C. The van der Waals surface area contributed by atoms with Gasteiger partial charge in [0.1, 0.15) is 11.5 Å². The van der Waals surface area contributed by atoms with Gasteiger partial charge in [-0.1, -0.05) is 59.7 Å². The van der Waals surface area contributed by atoms with E-state index >= 15 is 0 Å². The van der Waals surface area contributed by atoms with E-state index in [1.165, 1.54) is 44.8 Å². The van der Waals surface area contributed by atoms with Crippen LogP contribution in [0.4, 0.5) is 22.7 Å². The Morgan fingerprint density at radius 2 is 0.844 bits per heavy atom. The minimum atomic E-state index is -0.143. The predicted octanol–water partition coefficient (Wildman–Crippen LogP) is 7.06. The Hall–Kier alpha value is -4.36. The predicted molar refractivity (Wildman–Crippen MR) is 187 cm³/mol. The van der Waals surface area contributed by atoms with Gasteiger partial charge in [-0.15, -0.1) is 0 Å². The van der Waals surface area contributed by atoms with Crippen LogP contribution in [0.5, 0.6) is 11.5 Å². The standard InChI is InChI=1S/C38H47N5O2/c1-25-21-27(3)35(28(4)22-25)42-19-17-40(31-13-9-11-15-33(31)44-7)37(42)39-38-41(32-14-10-12-16-34(32)45-8)18-20-43(38)36-29(5)23-26(2)24-30(36)6/h9-16,21-24,37-39H,17-20H2,1-8H3. The summed E-state index contributed by atoms with van der Waals surface area (Å²) < 4.78 is 11.8. The number of rotatable bonds is 8. The molecule has 4 aromatic carbocycles. The van der Waals surface area contributed by atoms with E-state index in [9.17, 15) is 0 Å². The Bertz CT molecular complexity index is 1520. The van der Waals surface area contributed by atoms with Crippen molar-refractivity contribution in [3.63, 3.8) is 0 Å². The summed E-state index contributed by atoms with van der Waals surface area (Å²) in [6.45, 7) is 16.8. The van der Waals surface area contributed by atoms with Gasteiger partial charge in [-0.05, 0) is 88.1 Å². The topological polar surface area (TPSA) is 43.5 Å². The van der Waals surface area contributed by atoms with Crippen molar-refractivity contribution < 1.29 is 9.47 Å². The summed E-state index contributed by atoms with van der Waals surface area (Å²) in [4.78, 5) is 10.0. The molecule has 2 heterocycles. The third-order valence-electron chi connectivity index (χ3n) is 9.28. The number of nitrogens with one attached hydrogen (secondary N) is 1. The number of hydrogen-bond acceptors (Lipinski definition) is 7. The third-order valence-corrected chi connectivity index (χ3v) is 9.28. The summed E-state index contributed by atoms with van der Waals surface area (Å²) >= 11 is 0. The molecule has 2 aliphatic rings. The van der Waals surface area contributed by atoms with E-state index in [0.29, 0.717) is 0 Å². The van der Waals surface area contributed by atoms with E-state index in [0.717, 1.165) is 49.1 Å². The van der Waals surface area contributed by atoms with Crippen LogP contribution in [-0.2, 0) is 0 Å². The Balaban J connectivity index is 1.50. The summed E-state index contributed by atoms with van der Waals surface area (Å²) in [5.41, 5.74) is 12.5. The van der Waals surface area contributed by atoms with E-state index in [-0.39, 0.29) is 12.6 Å². The maximum absolute atomic E-state index is 5.91. The largest absolute Gasteiger partial charge is 0.495 e. The van der Waals surface area contributed by atoms with E-state index in [4.69, 9.17) is 9.47 Å². The first-order valence-corrected chi connectivity index (χ1v) is 16.0. The molecule has 2 aliphatic heterocycles. The molecule has 45 heavy (non-hydrogen) atoms. The highest BCUT2D eigenvalue weighted by atomic mass is 16.5. The molecule has 2 saturated heterocycles. The Kier molecular flexibility index (Phi) is 8.56. The number of aryl methyl sites for hydroxylation is 6. The van der Waals surface area contributed by atoms with E-state index in [1.807, 2.05) is 12.1 Å². The lowest BCUT2D eigenvalue weighted by Crippen LogP contribution is -2.61. The van der Waals surface area contributed by atoms with E-state index in [2.05, 4.69) is 127 Å². The van der Waals surface area contributed by atoms with Crippen molar-refractivity contribution in [2.45, 2.75) is 54.1 Å². The Morgan fingerprint density at radius 3 is 1.20 bits per heavy atom. The summed E-state index contributed by atoms with van der Waals surface area (Å²) in [6, 6.07) is 25.9. The van der Waals surface area contributed by atoms with Crippen LogP contribution in [0.3, 0.4) is 0 Å². The number of methoxy groups -OCH3 is 2. The van der Waals surface area contributed by atoms with Crippen LogP contribution in [0, 0.1) is 41.5 Å². The molecule has 2 fully saturated rings. The first-order valence-electron chi connectivity index (χ1n) is 16.0. The molecule has 2 atom stereocenters. The maximum atomic E-state index is 5.91. The van der Waals surface area contributed by atoms with Gasteiger partial charge in [-0.3, -0.25) is 0 Å². The molecular formula is C38H47N5O2. The third kappa shape index (κ3) is 5.66. The summed E-state index contributed by atoms with van der Waals surface area (Å²) in [6.07, 6.45) is -0.287. The second-order valence-electron chi connectivity index (χ2n) is 12.5. The van der Waals surface area contributed by atoms with Gasteiger partial charge >= 0.3 is 0 Å². The van der Waals surface area contributed by atoms with Crippen LogP contribution in [0.2, 0.25) is 0 Å². The van der Waals surface area contributed by atoms with Crippen LogP contribution in [0.15, 0.2) is 72.8 Å². The summed E-state index contributed by atoms with van der Waals surface area (Å²) in [7, 11) is 3.52. The highest BCUT2D eigenvalue weighted by molar-refractivity contribution is 5.69. The zero-order valence-corrected chi connectivity index (χ0v) is 28.0. The molecule has 236 valence electrons. The van der Waals surface area contributed by atoms with Crippen LogP contribution >= 0.6 is 0 Å². The molecule has 0 aromatic heterocycles. The molecule has 1 N–H and O–H groups in total. The van der Waals surface area contributed by atoms with Crippen molar-refractivity contribution in [1.82, 2.24) is 5.32 Å². The fourth-order valence-electron chi connectivity index (χ4n) is 7.71. The quantitative estimate of drug-likeness (QED) is 0.231. The van der Waals surface area contributed by atoms with Crippen molar-refractivity contribution in [3.8, 4) is 11.5 Å². The number of hydrogen-bond donors (Lipinski definition) is 1. The lowest BCUT2D eigenvalue weighted by atomic mass is 10.0. The molecule has 6 rings (SSSR count). The average molecular weight is 606 g/mol.